The number of carbonyl (C=O) groups excluding carboxylic acids is 1. The summed E-state index contributed by atoms with van der Waals surface area (Å²) in [6, 6.07) is 0.0142. The maximum Gasteiger partial charge on any atom is 0.240 e. The monoisotopic (exact) mass is 301 g/mol. The van der Waals surface area contributed by atoms with Gasteiger partial charge in [-0.25, -0.2) is 0 Å². The first-order valence-electron chi connectivity index (χ1n) is 7.52. The fourth-order valence-electron chi connectivity index (χ4n) is 3.02. The number of thioether (sulfide) groups is 1. The fraction of sp³-hybridized carbons (Fsp3) is 0.929. The number of aliphatic hydroxyl groups is 1. The number of carbonyl (C=O) groups is 1. The van der Waals surface area contributed by atoms with Crippen LogP contribution in [0.25, 0.3) is 0 Å². The number of β-amino-alcohol motifs (C(OH)–C–C–N with tert-alkyl or cyclic N) is 1. The number of aliphatic hydroxyl groups excluding tert-OH is 1. The molecule has 0 spiro atoms. The standard InChI is InChI=1S/C14H27N3O2S/c1-11(18)7-17-5-3-12(4-6-17)8-16(2)14(19)13-9-20-10-15-13/h11-13,15,18H,3-10H2,1-2H3. The van der Waals surface area contributed by atoms with Crippen molar-refractivity contribution in [1.82, 2.24) is 15.1 Å². The summed E-state index contributed by atoms with van der Waals surface area (Å²) >= 11 is 1.79. The molecule has 0 aliphatic carbocycles. The molecule has 6 heteroatoms. The lowest BCUT2D eigenvalue weighted by molar-refractivity contribution is -0.132. The number of nitrogens with one attached hydrogen (secondary N) is 1. The van der Waals surface area contributed by atoms with Crippen molar-refractivity contribution in [2.75, 3.05) is 44.9 Å². The number of piperidine rings is 1. The van der Waals surface area contributed by atoms with E-state index in [4.69, 9.17) is 0 Å². The molecule has 2 atom stereocenters. The molecule has 0 bridgehead atoms. The van der Waals surface area contributed by atoms with Crippen molar-refractivity contribution in [3.05, 3.63) is 0 Å². The van der Waals surface area contributed by atoms with Crippen molar-refractivity contribution < 1.29 is 9.90 Å². The number of hydrogen-bond donors (Lipinski definition) is 2. The Morgan fingerprint density at radius 3 is 2.75 bits per heavy atom. The predicted octanol–water partition coefficient (Wildman–Crippen LogP) is 0.200. The summed E-state index contributed by atoms with van der Waals surface area (Å²) in [7, 11) is 1.93. The van der Waals surface area contributed by atoms with Crippen molar-refractivity contribution >= 4 is 17.7 Å². The van der Waals surface area contributed by atoms with Crippen LogP contribution in [0.4, 0.5) is 0 Å². The minimum absolute atomic E-state index is 0.0142. The average Bonchev–Trinajstić information content (AvgIpc) is 2.93. The van der Waals surface area contributed by atoms with Crippen LogP contribution in [0.15, 0.2) is 0 Å². The summed E-state index contributed by atoms with van der Waals surface area (Å²) in [5.74, 6) is 2.63. The Hall–Kier alpha value is -0.300. The molecule has 2 rings (SSSR count). The minimum Gasteiger partial charge on any atom is -0.392 e. The van der Waals surface area contributed by atoms with E-state index in [0.717, 1.165) is 50.7 Å². The molecular formula is C14H27N3O2S. The van der Waals surface area contributed by atoms with Gasteiger partial charge >= 0.3 is 0 Å². The van der Waals surface area contributed by atoms with Crippen molar-refractivity contribution in [3.8, 4) is 0 Å². The lowest BCUT2D eigenvalue weighted by atomic mass is 9.96. The van der Waals surface area contributed by atoms with E-state index in [2.05, 4.69) is 10.2 Å². The van der Waals surface area contributed by atoms with E-state index in [1.165, 1.54) is 0 Å². The molecule has 0 aromatic carbocycles. The van der Waals surface area contributed by atoms with Gasteiger partial charge < -0.3 is 14.9 Å². The summed E-state index contributed by atoms with van der Waals surface area (Å²) in [4.78, 5) is 16.5. The van der Waals surface area contributed by atoms with Gasteiger partial charge in [-0.15, -0.1) is 11.8 Å². The Balaban J connectivity index is 1.70. The van der Waals surface area contributed by atoms with Gasteiger partial charge in [0.1, 0.15) is 0 Å². The molecule has 2 saturated heterocycles. The summed E-state index contributed by atoms with van der Waals surface area (Å²) in [6.07, 6.45) is 2.00. The second kappa shape index (κ2) is 7.64. The van der Waals surface area contributed by atoms with Gasteiger partial charge in [0, 0.05) is 31.8 Å². The first kappa shape index (κ1) is 16.1. The molecule has 1 amide bonds. The minimum atomic E-state index is -0.248. The van der Waals surface area contributed by atoms with Crippen LogP contribution < -0.4 is 5.32 Å². The van der Waals surface area contributed by atoms with Crippen LogP contribution in [-0.2, 0) is 4.79 Å². The molecule has 20 heavy (non-hydrogen) atoms. The van der Waals surface area contributed by atoms with E-state index in [-0.39, 0.29) is 18.1 Å². The van der Waals surface area contributed by atoms with Gasteiger partial charge in [0.2, 0.25) is 5.91 Å². The largest absolute Gasteiger partial charge is 0.392 e. The Morgan fingerprint density at radius 2 is 2.20 bits per heavy atom. The highest BCUT2D eigenvalue weighted by atomic mass is 32.2. The highest BCUT2D eigenvalue weighted by molar-refractivity contribution is 7.99. The van der Waals surface area contributed by atoms with Crippen LogP contribution in [0.2, 0.25) is 0 Å². The molecule has 116 valence electrons. The Bertz CT molecular complexity index is 314. The maximum absolute atomic E-state index is 12.2. The molecule has 2 unspecified atom stereocenters. The highest BCUT2D eigenvalue weighted by Crippen LogP contribution is 2.19. The van der Waals surface area contributed by atoms with Crippen LogP contribution in [0.5, 0.6) is 0 Å². The quantitative estimate of drug-likeness (QED) is 0.760. The topological polar surface area (TPSA) is 55.8 Å². The molecule has 0 saturated carbocycles. The van der Waals surface area contributed by atoms with Crippen molar-refractivity contribution in [2.24, 2.45) is 5.92 Å². The molecule has 2 aliphatic rings. The van der Waals surface area contributed by atoms with Crippen LogP contribution in [0, 0.1) is 5.92 Å². The van der Waals surface area contributed by atoms with Gasteiger partial charge in [0.05, 0.1) is 12.1 Å². The summed E-state index contributed by atoms with van der Waals surface area (Å²) in [6.45, 7) is 5.55. The van der Waals surface area contributed by atoms with Gasteiger partial charge in [-0.2, -0.15) is 0 Å². The first-order valence-corrected chi connectivity index (χ1v) is 8.68. The third-order valence-electron chi connectivity index (χ3n) is 4.15. The molecular weight excluding hydrogens is 274 g/mol. The molecule has 2 aliphatic heterocycles. The number of nitrogens with zero attached hydrogens (tertiary/aromatic N) is 2. The zero-order chi connectivity index (χ0) is 14.5. The Kier molecular flexibility index (Phi) is 6.14. The highest BCUT2D eigenvalue weighted by Gasteiger charge is 2.28. The number of rotatable bonds is 5. The SMILES string of the molecule is CC(O)CN1CCC(CN(C)C(=O)C2CSCN2)CC1. The smallest absolute Gasteiger partial charge is 0.240 e. The second-order valence-corrected chi connectivity index (χ2v) is 7.11. The van der Waals surface area contributed by atoms with Gasteiger partial charge in [-0.05, 0) is 38.8 Å². The van der Waals surface area contributed by atoms with Gasteiger partial charge in [-0.3, -0.25) is 10.1 Å². The zero-order valence-electron chi connectivity index (χ0n) is 12.5. The molecule has 5 nitrogen and oxygen atoms in total. The van der Waals surface area contributed by atoms with Crippen molar-refractivity contribution in [3.63, 3.8) is 0 Å². The predicted molar refractivity (Wildman–Crippen MR) is 82.7 cm³/mol. The summed E-state index contributed by atoms with van der Waals surface area (Å²) in [5, 5.41) is 12.6. The third kappa shape index (κ3) is 4.62. The van der Waals surface area contributed by atoms with E-state index in [1.807, 2.05) is 18.9 Å². The second-order valence-electron chi connectivity index (χ2n) is 6.08. The van der Waals surface area contributed by atoms with Gasteiger partial charge in [0.15, 0.2) is 0 Å². The molecule has 2 heterocycles. The molecule has 2 fully saturated rings. The molecule has 0 radical (unpaired) electrons. The molecule has 0 aromatic rings. The van der Waals surface area contributed by atoms with Crippen LogP contribution in [0.3, 0.4) is 0 Å². The van der Waals surface area contributed by atoms with E-state index in [0.29, 0.717) is 5.92 Å². The Labute approximate surface area is 126 Å². The maximum atomic E-state index is 12.2. The van der Waals surface area contributed by atoms with E-state index < -0.39 is 0 Å². The third-order valence-corrected chi connectivity index (χ3v) is 5.09. The van der Waals surface area contributed by atoms with Crippen molar-refractivity contribution in [2.45, 2.75) is 31.9 Å². The summed E-state index contributed by atoms with van der Waals surface area (Å²) < 4.78 is 0. The van der Waals surface area contributed by atoms with Crippen LogP contribution >= 0.6 is 11.8 Å². The molecule has 0 aromatic heterocycles. The first-order chi connectivity index (χ1) is 9.56. The fourth-order valence-corrected chi connectivity index (χ4v) is 3.96. The lowest BCUT2D eigenvalue weighted by Gasteiger charge is -2.34. The lowest BCUT2D eigenvalue weighted by Crippen LogP contribution is -2.46. The van der Waals surface area contributed by atoms with Crippen LogP contribution in [-0.4, -0.2) is 77.8 Å². The molecule has 2 N–H and O–H groups in total. The van der Waals surface area contributed by atoms with E-state index >= 15 is 0 Å². The Morgan fingerprint density at radius 1 is 1.50 bits per heavy atom. The number of amides is 1. The normalized spacial score (nSPS) is 26.6. The number of hydrogen-bond acceptors (Lipinski definition) is 5. The van der Waals surface area contributed by atoms with E-state index in [1.54, 1.807) is 11.8 Å². The number of likely N-dealkylation sites (N-methyl/N-ethyl adjacent to an activating group) is 1. The summed E-state index contributed by atoms with van der Waals surface area (Å²) in [5.41, 5.74) is 0. The van der Waals surface area contributed by atoms with Gasteiger partial charge in [-0.1, -0.05) is 0 Å². The zero-order valence-corrected chi connectivity index (χ0v) is 13.4. The van der Waals surface area contributed by atoms with E-state index in [9.17, 15) is 9.90 Å². The van der Waals surface area contributed by atoms with Crippen molar-refractivity contribution in [1.29, 1.82) is 0 Å². The van der Waals surface area contributed by atoms with Gasteiger partial charge in [0.25, 0.3) is 0 Å². The van der Waals surface area contributed by atoms with Crippen LogP contribution in [0.1, 0.15) is 19.8 Å². The number of likely N-dealkylation sites (tertiary alicyclic amines) is 1. The average molecular weight is 301 g/mol.